The number of aryl methyl sites for hydroxylation is 2. The molecule has 0 aliphatic carbocycles. The van der Waals surface area contributed by atoms with Gasteiger partial charge < -0.3 is 14.4 Å². The van der Waals surface area contributed by atoms with Gasteiger partial charge in [0.2, 0.25) is 0 Å². The Hall–Kier alpha value is -3.00. The highest BCUT2D eigenvalue weighted by Crippen LogP contribution is 2.26. The third-order valence-electron chi connectivity index (χ3n) is 5.14. The van der Waals surface area contributed by atoms with Gasteiger partial charge in [-0.2, -0.15) is 13.2 Å². The summed E-state index contributed by atoms with van der Waals surface area (Å²) in [6.07, 6.45) is 2.47. The highest BCUT2D eigenvalue weighted by atomic mass is 35.5. The van der Waals surface area contributed by atoms with Gasteiger partial charge in [-0.3, -0.25) is 0 Å². The van der Waals surface area contributed by atoms with Gasteiger partial charge in [-0.1, -0.05) is 61.7 Å². The topological polar surface area (TPSA) is 64.4 Å². The summed E-state index contributed by atoms with van der Waals surface area (Å²) in [4.78, 5) is 13.6. The molecule has 0 atom stereocenters. The summed E-state index contributed by atoms with van der Waals surface area (Å²) in [7, 11) is 1.73. The van der Waals surface area contributed by atoms with Crippen LogP contribution in [-0.2, 0) is 24.2 Å². The lowest BCUT2D eigenvalue weighted by atomic mass is 10.1. The number of hydrogen-bond acceptors (Lipinski definition) is 3. The average molecular weight is 497 g/mol. The Bertz CT molecular complexity index is 1050. The minimum absolute atomic E-state index is 0.752. The van der Waals surface area contributed by atoms with E-state index in [1.807, 2.05) is 30.6 Å². The van der Waals surface area contributed by atoms with Crippen LogP contribution >= 0.6 is 11.6 Å². The highest BCUT2D eigenvalue weighted by molar-refractivity contribution is 6.30. The molecule has 34 heavy (non-hydrogen) atoms. The molecule has 0 aliphatic rings. The summed E-state index contributed by atoms with van der Waals surface area (Å²) in [5, 5.41) is 7.88. The molecular weight excluding hydrogens is 469 g/mol. The fourth-order valence-corrected chi connectivity index (χ4v) is 3.53. The number of rotatable bonds is 9. The standard InChI is InChI=1S/C23H27ClN2O.C2HF3O2/c1-3-4-5-9-21-23(19-11-13-20(24)14-12-19)25-17-26(21)16-15-18-8-6-7-10-22(18)27-2;3-2(4,5)1(6)7/h6-8,10-14,17H,3-5,9,15-16H2,1-2H3;(H,6,7). The molecule has 0 aliphatic heterocycles. The Morgan fingerprint density at radius 1 is 1.09 bits per heavy atom. The summed E-state index contributed by atoms with van der Waals surface area (Å²) in [5.74, 6) is -1.81. The van der Waals surface area contributed by atoms with Gasteiger partial charge in [0.15, 0.2) is 0 Å². The van der Waals surface area contributed by atoms with Crippen LogP contribution in [0.25, 0.3) is 11.3 Å². The molecular formula is C25H28ClF3N2O3. The Kier molecular flexibility index (Phi) is 10.4. The molecule has 3 aromatic rings. The van der Waals surface area contributed by atoms with E-state index in [9.17, 15) is 13.2 Å². The molecule has 0 radical (unpaired) electrons. The summed E-state index contributed by atoms with van der Waals surface area (Å²) >= 11 is 6.06. The first-order valence-corrected chi connectivity index (χ1v) is 11.3. The van der Waals surface area contributed by atoms with Gasteiger partial charge in [0.25, 0.3) is 0 Å². The van der Waals surface area contributed by atoms with Crippen molar-refractivity contribution in [2.24, 2.45) is 0 Å². The van der Waals surface area contributed by atoms with Gasteiger partial charge in [-0.05, 0) is 43.0 Å². The van der Waals surface area contributed by atoms with Crippen LogP contribution in [0.15, 0.2) is 54.9 Å². The lowest BCUT2D eigenvalue weighted by Crippen LogP contribution is -2.21. The number of carbonyl (C=O) groups is 1. The third-order valence-corrected chi connectivity index (χ3v) is 5.39. The van der Waals surface area contributed by atoms with E-state index in [0.29, 0.717) is 0 Å². The molecule has 0 fully saturated rings. The number of nitrogens with zero attached hydrogens (tertiary/aromatic N) is 2. The maximum Gasteiger partial charge on any atom is 0.490 e. The molecule has 3 rings (SSSR count). The van der Waals surface area contributed by atoms with Crippen molar-refractivity contribution in [2.75, 3.05) is 7.11 Å². The fraction of sp³-hybridized carbons (Fsp3) is 0.360. The first kappa shape index (κ1) is 27.2. The van der Waals surface area contributed by atoms with Crippen molar-refractivity contribution >= 4 is 17.6 Å². The highest BCUT2D eigenvalue weighted by Gasteiger charge is 2.38. The van der Waals surface area contributed by atoms with Gasteiger partial charge in [-0.25, -0.2) is 9.78 Å². The fourth-order valence-electron chi connectivity index (χ4n) is 3.40. The van der Waals surface area contributed by atoms with E-state index in [1.165, 1.54) is 30.5 Å². The summed E-state index contributed by atoms with van der Waals surface area (Å²) in [6, 6.07) is 16.2. The molecule has 0 saturated heterocycles. The summed E-state index contributed by atoms with van der Waals surface area (Å²) in [6.45, 7) is 3.13. The van der Waals surface area contributed by atoms with E-state index in [1.54, 1.807) is 7.11 Å². The van der Waals surface area contributed by atoms with Crippen LogP contribution in [0.1, 0.15) is 37.4 Å². The molecule has 1 aromatic heterocycles. The number of halogens is 4. The number of benzene rings is 2. The van der Waals surface area contributed by atoms with Gasteiger partial charge >= 0.3 is 12.1 Å². The Morgan fingerprint density at radius 3 is 2.32 bits per heavy atom. The number of ether oxygens (including phenoxy) is 1. The number of unbranched alkanes of at least 4 members (excludes halogenated alkanes) is 2. The minimum Gasteiger partial charge on any atom is -0.496 e. The van der Waals surface area contributed by atoms with Crippen molar-refractivity contribution in [1.82, 2.24) is 9.55 Å². The normalized spacial score (nSPS) is 11.0. The van der Waals surface area contributed by atoms with Crippen molar-refractivity contribution in [3.63, 3.8) is 0 Å². The van der Waals surface area contributed by atoms with Crippen LogP contribution in [0.3, 0.4) is 0 Å². The average Bonchev–Trinajstić information content (AvgIpc) is 3.21. The maximum absolute atomic E-state index is 10.6. The van der Waals surface area contributed by atoms with Crippen LogP contribution in [-0.4, -0.2) is 33.9 Å². The molecule has 184 valence electrons. The smallest absolute Gasteiger partial charge is 0.490 e. The van der Waals surface area contributed by atoms with Crippen molar-refractivity contribution in [3.8, 4) is 17.0 Å². The van der Waals surface area contributed by atoms with Crippen LogP contribution in [0.5, 0.6) is 5.75 Å². The SMILES string of the molecule is CCCCCc1c(-c2ccc(Cl)cc2)ncn1CCc1ccccc1OC.O=C(O)C(F)(F)F. The van der Waals surface area contributed by atoms with E-state index in [2.05, 4.69) is 35.8 Å². The van der Waals surface area contributed by atoms with E-state index in [4.69, 9.17) is 31.2 Å². The van der Waals surface area contributed by atoms with E-state index < -0.39 is 12.1 Å². The molecule has 0 bridgehead atoms. The molecule has 1 heterocycles. The lowest BCUT2D eigenvalue weighted by Gasteiger charge is -2.12. The quantitative estimate of drug-likeness (QED) is 0.330. The molecule has 0 unspecified atom stereocenters. The predicted octanol–water partition coefficient (Wildman–Crippen LogP) is 6.82. The molecule has 0 saturated carbocycles. The van der Waals surface area contributed by atoms with E-state index >= 15 is 0 Å². The third kappa shape index (κ3) is 8.09. The number of alkyl halides is 3. The lowest BCUT2D eigenvalue weighted by molar-refractivity contribution is -0.192. The molecule has 1 N–H and O–H groups in total. The number of imidazole rings is 1. The van der Waals surface area contributed by atoms with E-state index in [0.717, 1.165) is 41.4 Å². The first-order chi connectivity index (χ1) is 16.2. The number of carboxylic acid groups (broad SMARTS) is 1. The minimum atomic E-state index is -5.08. The van der Waals surface area contributed by atoms with E-state index in [-0.39, 0.29) is 0 Å². The second-order valence-corrected chi connectivity index (χ2v) is 8.00. The largest absolute Gasteiger partial charge is 0.496 e. The molecule has 9 heteroatoms. The number of hydrogen-bond donors (Lipinski definition) is 1. The number of aromatic nitrogens is 2. The van der Waals surface area contributed by atoms with Crippen LogP contribution in [0.4, 0.5) is 13.2 Å². The maximum atomic E-state index is 10.6. The number of methoxy groups -OCH3 is 1. The van der Waals surface area contributed by atoms with Gasteiger partial charge in [-0.15, -0.1) is 0 Å². The zero-order valence-electron chi connectivity index (χ0n) is 19.1. The van der Waals surface area contributed by atoms with Crippen molar-refractivity contribution in [3.05, 3.63) is 71.1 Å². The van der Waals surface area contributed by atoms with Gasteiger partial charge in [0.05, 0.1) is 19.1 Å². The first-order valence-electron chi connectivity index (χ1n) is 10.9. The zero-order chi connectivity index (χ0) is 25.1. The Labute approximate surface area is 202 Å². The molecule has 0 spiro atoms. The van der Waals surface area contributed by atoms with Crippen molar-refractivity contribution in [2.45, 2.75) is 51.7 Å². The number of carboxylic acids is 1. The van der Waals surface area contributed by atoms with Gasteiger partial charge in [0.1, 0.15) is 5.75 Å². The molecule has 5 nitrogen and oxygen atoms in total. The molecule has 0 amide bonds. The number of aliphatic carboxylic acids is 1. The van der Waals surface area contributed by atoms with Crippen LogP contribution in [0, 0.1) is 0 Å². The summed E-state index contributed by atoms with van der Waals surface area (Å²) < 4.78 is 39.5. The van der Waals surface area contributed by atoms with Crippen LogP contribution < -0.4 is 4.74 Å². The summed E-state index contributed by atoms with van der Waals surface area (Å²) in [5.41, 5.74) is 4.73. The second-order valence-electron chi connectivity index (χ2n) is 7.56. The van der Waals surface area contributed by atoms with Crippen molar-refractivity contribution in [1.29, 1.82) is 0 Å². The zero-order valence-corrected chi connectivity index (χ0v) is 19.9. The predicted molar refractivity (Wildman–Crippen MR) is 126 cm³/mol. The number of para-hydroxylation sites is 1. The Balaban J connectivity index is 0.000000509. The van der Waals surface area contributed by atoms with Gasteiger partial charge in [0, 0.05) is 22.8 Å². The second kappa shape index (κ2) is 13.0. The Morgan fingerprint density at radius 2 is 1.74 bits per heavy atom. The van der Waals surface area contributed by atoms with Crippen LogP contribution in [0.2, 0.25) is 5.02 Å². The molecule has 2 aromatic carbocycles. The van der Waals surface area contributed by atoms with Crippen molar-refractivity contribution < 1.29 is 27.8 Å². The monoisotopic (exact) mass is 496 g/mol.